The van der Waals surface area contributed by atoms with Crippen LogP contribution in [0.1, 0.15) is 101 Å². The lowest BCUT2D eigenvalue weighted by atomic mass is 9.57. The topological polar surface area (TPSA) is 0 Å². The fourth-order valence-corrected chi connectivity index (χ4v) is 7.36. The third-order valence-electron chi connectivity index (χ3n) is 10.6. The minimum absolute atomic E-state index is 0.532. The maximum Gasteiger partial charge on any atom is -0.0207 e. The Hall–Kier alpha value is 0. The molecule has 0 N–H and O–H groups in total. The van der Waals surface area contributed by atoms with E-state index in [4.69, 9.17) is 0 Å². The van der Waals surface area contributed by atoms with Gasteiger partial charge in [-0.3, -0.25) is 0 Å². The SMILES string of the molecule is CCCC(C)C1CCC1C(C)C(C)C(C)C1(C)C(C)C1(C)C(C)CC. The standard InChI is InChI=1S/C25H48/c1-11-13-16(3)22-14-15-23(22)19(6)18(5)20(7)25(10)21(8)24(25,9)17(4)12-2/h16-23H,11-15H2,1-10H3. The molecule has 0 radical (unpaired) electrons. The van der Waals surface area contributed by atoms with Crippen LogP contribution in [0.2, 0.25) is 0 Å². The molecule has 0 aliphatic heterocycles. The summed E-state index contributed by atoms with van der Waals surface area (Å²) in [6.45, 7) is 25.3. The van der Waals surface area contributed by atoms with Crippen LogP contribution in [0.4, 0.5) is 0 Å². The van der Waals surface area contributed by atoms with E-state index in [1.807, 2.05) is 0 Å². The van der Waals surface area contributed by atoms with E-state index < -0.39 is 0 Å². The van der Waals surface area contributed by atoms with Gasteiger partial charge in [0.2, 0.25) is 0 Å². The normalized spacial score (nSPS) is 43.7. The van der Waals surface area contributed by atoms with E-state index in [-0.39, 0.29) is 0 Å². The molecular weight excluding hydrogens is 300 g/mol. The molecule has 10 atom stereocenters. The third-order valence-corrected chi connectivity index (χ3v) is 10.6. The molecule has 0 aromatic rings. The largest absolute Gasteiger partial charge is 0.0654 e. The predicted molar refractivity (Wildman–Crippen MR) is 113 cm³/mol. The van der Waals surface area contributed by atoms with Crippen molar-refractivity contribution in [1.82, 2.24) is 0 Å². The first-order chi connectivity index (χ1) is 11.6. The van der Waals surface area contributed by atoms with Gasteiger partial charge in [0.05, 0.1) is 0 Å². The smallest absolute Gasteiger partial charge is 0.0207 e. The number of rotatable bonds is 9. The Morgan fingerprint density at radius 1 is 0.880 bits per heavy atom. The maximum atomic E-state index is 2.62. The van der Waals surface area contributed by atoms with Gasteiger partial charge in [-0.1, -0.05) is 88.5 Å². The summed E-state index contributed by atoms with van der Waals surface area (Å²) in [7, 11) is 0. The Morgan fingerprint density at radius 2 is 1.44 bits per heavy atom. The lowest BCUT2D eigenvalue weighted by Gasteiger charge is -2.48. The van der Waals surface area contributed by atoms with Crippen LogP contribution in [0.5, 0.6) is 0 Å². The van der Waals surface area contributed by atoms with Crippen LogP contribution in [-0.2, 0) is 0 Å². The van der Waals surface area contributed by atoms with Crippen LogP contribution in [-0.4, -0.2) is 0 Å². The van der Waals surface area contributed by atoms with Gasteiger partial charge in [0.25, 0.3) is 0 Å². The van der Waals surface area contributed by atoms with Crippen molar-refractivity contribution in [3.05, 3.63) is 0 Å². The van der Waals surface area contributed by atoms with Crippen LogP contribution in [0.3, 0.4) is 0 Å². The van der Waals surface area contributed by atoms with Gasteiger partial charge in [-0.2, -0.15) is 0 Å². The zero-order valence-corrected chi connectivity index (χ0v) is 19.2. The van der Waals surface area contributed by atoms with Crippen LogP contribution in [0.25, 0.3) is 0 Å². The van der Waals surface area contributed by atoms with Crippen LogP contribution < -0.4 is 0 Å². The molecule has 0 bridgehead atoms. The molecule has 25 heavy (non-hydrogen) atoms. The van der Waals surface area contributed by atoms with Crippen molar-refractivity contribution in [3.63, 3.8) is 0 Å². The average Bonchev–Trinajstić information content (AvgIpc) is 3.00. The second kappa shape index (κ2) is 7.55. The van der Waals surface area contributed by atoms with Crippen molar-refractivity contribution in [2.24, 2.45) is 58.2 Å². The second-order valence-electron chi connectivity index (χ2n) is 10.8. The lowest BCUT2D eigenvalue weighted by molar-refractivity contribution is 0.0116. The van der Waals surface area contributed by atoms with Crippen LogP contribution >= 0.6 is 0 Å². The van der Waals surface area contributed by atoms with Crippen molar-refractivity contribution in [1.29, 1.82) is 0 Å². The Bertz CT molecular complexity index is 439. The third kappa shape index (κ3) is 3.12. The molecule has 2 aliphatic rings. The monoisotopic (exact) mass is 348 g/mol. The Morgan fingerprint density at radius 3 is 1.88 bits per heavy atom. The summed E-state index contributed by atoms with van der Waals surface area (Å²) < 4.78 is 0. The first-order valence-electron chi connectivity index (χ1n) is 11.6. The molecule has 0 amide bonds. The van der Waals surface area contributed by atoms with Gasteiger partial charge >= 0.3 is 0 Å². The van der Waals surface area contributed by atoms with E-state index in [0.717, 1.165) is 47.3 Å². The van der Waals surface area contributed by atoms with E-state index in [2.05, 4.69) is 69.2 Å². The van der Waals surface area contributed by atoms with E-state index >= 15 is 0 Å². The van der Waals surface area contributed by atoms with Crippen molar-refractivity contribution in [2.45, 2.75) is 101 Å². The first-order valence-corrected chi connectivity index (χ1v) is 11.6. The molecule has 0 heteroatoms. The van der Waals surface area contributed by atoms with Gasteiger partial charge in [-0.05, 0) is 71.0 Å². The Labute approximate surface area is 159 Å². The van der Waals surface area contributed by atoms with E-state index in [9.17, 15) is 0 Å². The summed E-state index contributed by atoms with van der Waals surface area (Å²) in [6.07, 6.45) is 7.10. The highest BCUT2D eigenvalue weighted by molar-refractivity contribution is 5.19. The van der Waals surface area contributed by atoms with Crippen molar-refractivity contribution >= 4 is 0 Å². The van der Waals surface area contributed by atoms with E-state index in [1.54, 1.807) is 0 Å². The summed E-state index contributed by atoms with van der Waals surface area (Å²) in [6, 6.07) is 0. The van der Waals surface area contributed by atoms with Gasteiger partial charge < -0.3 is 0 Å². The molecule has 2 rings (SSSR count). The van der Waals surface area contributed by atoms with Crippen molar-refractivity contribution < 1.29 is 0 Å². The van der Waals surface area contributed by atoms with Gasteiger partial charge in [0.15, 0.2) is 0 Å². The van der Waals surface area contributed by atoms with E-state index in [0.29, 0.717) is 10.8 Å². The van der Waals surface area contributed by atoms with Gasteiger partial charge in [-0.15, -0.1) is 0 Å². The summed E-state index contributed by atoms with van der Waals surface area (Å²) in [5.41, 5.74) is 1.08. The zero-order chi connectivity index (χ0) is 19.2. The molecule has 2 saturated carbocycles. The minimum atomic E-state index is 0.532. The molecule has 0 spiro atoms. The molecule has 0 aromatic carbocycles. The van der Waals surface area contributed by atoms with Gasteiger partial charge in [0.1, 0.15) is 0 Å². The highest BCUT2D eigenvalue weighted by Gasteiger charge is 2.72. The molecular formula is C25H48. The van der Waals surface area contributed by atoms with Crippen molar-refractivity contribution in [3.8, 4) is 0 Å². The van der Waals surface area contributed by atoms with Crippen molar-refractivity contribution in [2.75, 3.05) is 0 Å². The Kier molecular flexibility index (Phi) is 6.44. The highest BCUT2D eigenvalue weighted by atomic mass is 14.8. The summed E-state index contributed by atoms with van der Waals surface area (Å²) in [5, 5.41) is 0. The van der Waals surface area contributed by atoms with Gasteiger partial charge in [0, 0.05) is 0 Å². The van der Waals surface area contributed by atoms with E-state index in [1.165, 1.54) is 32.1 Å². The number of hydrogen-bond donors (Lipinski definition) is 0. The fourth-order valence-electron chi connectivity index (χ4n) is 7.36. The first kappa shape index (κ1) is 21.3. The predicted octanol–water partition coefficient (Wildman–Crippen LogP) is 8.07. The molecule has 0 saturated heterocycles. The fraction of sp³-hybridized carbons (Fsp3) is 1.00. The highest BCUT2D eigenvalue weighted by Crippen LogP contribution is 2.77. The number of hydrogen-bond acceptors (Lipinski definition) is 0. The molecule has 2 fully saturated rings. The average molecular weight is 349 g/mol. The second-order valence-corrected chi connectivity index (χ2v) is 10.8. The summed E-state index contributed by atoms with van der Waals surface area (Å²) in [4.78, 5) is 0. The minimum Gasteiger partial charge on any atom is -0.0654 e. The molecule has 10 unspecified atom stereocenters. The summed E-state index contributed by atoms with van der Waals surface area (Å²) >= 11 is 0. The summed E-state index contributed by atoms with van der Waals surface area (Å²) in [5.74, 6) is 7.23. The maximum absolute atomic E-state index is 2.62. The molecule has 148 valence electrons. The zero-order valence-electron chi connectivity index (χ0n) is 19.2. The molecule has 0 heterocycles. The van der Waals surface area contributed by atoms with Crippen LogP contribution in [0, 0.1) is 58.2 Å². The molecule has 2 aliphatic carbocycles. The van der Waals surface area contributed by atoms with Crippen LogP contribution in [0.15, 0.2) is 0 Å². The van der Waals surface area contributed by atoms with Gasteiger partial charge in [-0.25, -0.2) is 0 Å². The lowest BCUT2D eigenvalue weighted by Crippen LogP contribution is -2.40. The molecule has 0 nitrogen and oxygen atoms in total. The Balaban J connectivity index is 2.06. The molecule has 0 aromatic heterocycles. The quantitative estimate of drug-likeness (QED) is 0.395.